The number of benzene rings is 1. The monoisotopic (exact) mass is 229 g/mol. The molecule has 1 nitrogen and oxygen atoms in total. The van der Waals surface area contributed by atoms with Crippen LogP contribution in [0.25, 0.3) is 11.8 Å². The van der Waals surface area contributed by atoms with Crippen molar-refractivity contribution < 1.29 is 0 Å². The molecule has 16 heavy (non-hydrogen) atoms. The second-order valence-corrected chi connectivity index (χ2v) is 4.63. The molecule has 0 bridgehead atoms. The second kappa shape index (κ2) is 4.99. The molecule has 2 rings (SSSR count). The highest BCUT2D eigenvalue weighted by Crippen LogP contribution is 2.22. The minimum Gasteiger partial charge on any atom is -0.377 e. The molecule has 0 aliphatic carbocycles. The van der Waals surface area contributed by atoms with E-state index in [1.165, 1.54) is 16.8 Å². The third-order valence-electron chi connectivity index (χ3n) is 2.40. The topological polar surface area (TPSA) is 3.24 Å². The molecule has 0 N–H and O–H groups in total. The Hall–Kier alpha value is -1.54. The first-order valence-electron chi connectivity index (χ1n) is 5.24. The minimum atomic E-state index is 1.23. The van der Waals surface area contributed by atoms with Gasteiger partial charge >= 0.3 is 0 Å². The smallest absolute Gasteiger partial charge is 0.0449 e. The number of hydrogen-bond donors (Lipinski definition) is 0. The van der Waals surface area contributed by atoms with Crippen LogP contribution in [0.2, 0.25) is 0 Å². The van der Waals surface area contributed by atoms with Crippen molar-refractivity contribution in [3.8, 4) is 0 Å². The van der Waals surface area contributed by atoms with E-state index in [1.54, 1.807) is 11.3 Å². The fourth-order valence-corrected chi connectivity index (χ4v) is 2.24. The molecule has 0 radical (unpaired) electrons. The Balaban J connectivity index is 2.38. The molecule has 0 fully saturated rings. The molecule has 0 spiro atoms. The van der Waals surface area contributed by atoms with Crippen molar-refractivity contribution in [2.24, 2.45) is 0 Å². The molecule has 1 aromatic carbocycles. The van der Waals surface area contributed by atoms with E-state index in [9.17, 15) is 0 Å². The van der Waals surface area contributed by atoms with Crippen LogP contribution in [0, 0.1) is 0 Å². The van der Waals surface area contributed by atoms with Crippen molar-refractivity contribution in [2.45, 2.75) is 0 Å². The molecule has 82 valence electrons. The molecule has 1 heterocycles. The first-order chi connectivity index (χ1) is 7.77. The molecule has 2 aromatic rings. The molecular formula is C14H15NS. The maximum absolute atomic E-state index is 2.21. The standard InChI is InChI=1S/C14H15NS/c1-15(2)14(13-8-9-16-11-13)10-12-6-4-3-5-7-12/h3-11H,1-2H3. The number of hydrogen-bond acceptors (Lipinski definition) is 2. The van der Waals surface area contributed by atoms with Crippen LogP contribution in [0.5, 0.6) is 0 Å². The summed E-state index contributed by atoms with van der Waals surface area (Å²) in [6.07, 6.45) is 2.21. The van der Waals surface area contributed by atoms with Gasteiger partial charge in [0.2, 0.25) is 0 Å². The molecule has 0 aliphatic rings. The van der Waals surface area contributed by atoms with Crippen molar-refractivity contribution in [1.82, 2.24) is 4.90 Å². The van der Waals surface area contributed by atoms with Crippen molar-refractivity contribution in [3.63, 3.8) is 0 Å². The lowest BCUT2D eigenvalue weighted by atomic mass is 10.1. The number of rotatable bonds is 3. The Morgan fingerprint density at radius 2 is 1.88 bits per heavy atom. The maximum atomic E-state index is 2.21. The highest BCUT2D eigenvalue weighted by molar-refractivity contribution is 7.08. The summed E-state index contributed by atoms with van der Waals surface area (Å²) >= 11 is 1.73. The van der Waals surface area contributed by atoms with Gasteiger partial charge in [0.25, 0.3) is 0 Å². The summed E-state index contributed by atoms with van der Waals surface area (Å²) in [5.74, 6) is 0. The average Bonchev–Trinajstić information content (AvgIpc) is 2.80. The molecule has 0 saturated heterocycles. The minimum absolute atomic E-state index is 1.23. The van der Waals surface area contributed by atoms with Crippen LogP contribution in [-0.2, 0) is 0 Å². The maximum Gasteiger partial charge on any atom is 0.0449 e. The highest BCUT2D eigenvalue weighted by atomic mass is 32.1. The van der Waals surface area contributed by atoms with Crippen molar-refractivity contribution >= 4 is 23.1 Å². The van der Waals surface area contributed by atoms with E-state index in [0.717, 1.165) is 0 Å². The summed E-state index contributed by atoms with van der Waals surface area (Å²) in [4.78, 5) is 2.15. The van der Waals surface area contributed by atoms with Crippen LogP contribution in [0.1, 0.15) is 11.1 Å². The Kier molecular flexibility index (Phi) is 3.42. The van der Waals surface area contributed by atoms with E-state index in [2.05, 4.69) is 66.2 Å². The molecule has 0 unspecified atom stereocenters. The first kappa shape index (κ1) is 11.0. The molecule has 0 atom stereocenters. The fraction of sp³-hybridized carbons (Fsp3) is 0.143. The van der Waals surface area contributed by atoms with Crippen LogP contribution in [0.4, 0.5) is 0 Å². The van der Waals surface area contributed by atoms with Gasteiger partial charge in [-0.1, -0.05) is 30.3 Å². The lowest BCUT2D eigenvalue weighted by Gasteiger charge is -2.16. The summed E-state index contributed by atoms with van der Waals surface area (Å²) in [7, 11) is 4.15. The van der Waals surface area contributed by atoms with Gasteiger partial charge in [-0.25, -0.2) is 0 Å². The van der Waals surface area contributed by atoms with Gasteiger partial charge in [-0.3, -0.25) is 0 Å². The largest absolute Gasteiger partial charge is 0.377 e. The molecule has 1 aromatic heterocycles. The summed E-state index contributed by atoms with van der Waals surface area (Å²) in [6.45, 7) is 0. The average molecular weight is 229 g/mol. The van der Waals surface area contributed by atoms with Crippen LogP contribution in [0.3, 0.4) is 0 Å². The van der Waals surface area contributed by atoms with Gasteiger partial charge in [0.1, 0.15) is 0 Å². The molecule has 2 heteroatoms. The Morgan fingerprint density at radius 1 is 1.12 bits per heavy atom. The first-order valence-corrected chi connectivity index (χ1v) is 6.18. The summed E-state index contributed by atoms with van der Waals surface area (Å²) < 4.78 is 0. The lowest BCUT2D eigenvalue weighted by molar-refractivity contribution is 0.595. The normalized spacial score (nSPS) is 11.5. The van der Waals surface area contributed by atoms with Crippen LogP contribution in [0.15, 0.2) is 47.2 Å². The summed E-state index contributed by atoms with van der Waals surface area (Å²) in [6, 6.07) is 12.6. The van der Waals surface area contributed by atoms with E-state index in [4.69, 9.17) is 0 Å². The van der Waals surface area contributed by atoms with Crippen molar-refractivity contribution in [1.29, 1.82) is 0 Å². The van der Waals surface area contributed by atoms with Gasteiger partial charge in [-0.05, 0) is 23.1 Å². The second-order valence-electron chi connectivity index (χ2n) is 3.85. The van der Waals surface area contributed by atoms with Crippen molar-refractivity contribution in [3.05, 3.63) is 58.3 Å². The van der Waals surface area contributed by atoms with E-state index in [1.807, 2.05) is 6.07 Å². The molecule has 0 amide bonds. The van der Waals surface area contributed by atoms with Gasteiger partial charge in [-0.2, -0.15) is 11.3 Å². The van der Waals surface area contributed by atoms with Crippen molar-refractivity contribution in [2.75, 3.05) is 14.1 Å². The molecular weight excluding hydrogens is 214 g/mol. The van der Waals surface area contributed by atoms with Crippen LogP contribution >= 0.6 is 11.3 Å². The van der Waals surface area contributed by atoms with Gasteiger partial charge in [0.15, 0.2) is 0 Å². The van der Waals surface area contributed by atoms with E-state index < -0.39 is 0 Å². The lowest BCUT2D eigenvalue weighted by Crippen LogP contribution is -2.09. The third kappa shape index (κ3) is 2.52. The predicted octanol–water partition coefficient (Wildman–Crippen LogP) is 3.81. The van der Waals surface area contributed by atoms with E-state index >= 15 is 0 Å². The van der Waals surface area contributed by atoms with Crippen LogP contribution in [-0.4, -0.2) is 19.0 Å². The summed E-state index contributed by atoms with van der Waals surface area (Å²) in [5.41, 5.74) is 3.75. The zero-order valence-electron chi connectivity index (χ0n) is 9.55. The fourth-order valence-electron chi connectivity index (χ4n) is 1.59. The van der Waals surface area contributed by atoms with Gasteiger partial charge in [0, 0.05) is 30.7 Å². The van der Waals surface area contributed by atoms with E-state index in [-0.39, 0.29) is 0 Å². The Bertz CT molecular complexity index is 455. The Labute approximate surface area is 101 Å². The van der Waals surface area contributed by atoms with Gasteiger partial charge in [-0.15, -0.1) is 0 Å². The number of nitrogens with zero attached hydrogens (tertiary/aromatic N) is 1. The molecule has 0 saturated carbocycles. The quantitative estimate of drug-likeness (QED) is 0.773. The zero-order valence-corrected chi connectivity index (χ0v) is 10.4. The van der Waals surface area contributed by atoms with E-state index in [0.29, 0.717) is 0 Å². The molecule has 0 aliphatic heterocycles. The number of thiophene rings is 1. The SMILES string of the molecule is CN(C)C(=Cc1ccccc1)c1ccsc1. The van der Waals surface area contributed by atoms with Gasteiger partial charge in [0.05, 0.1) is 0 Å². The third-order valence-corrected chi connectivity index (χ3v) is 3.08. The van der Waals surface area contributed by atoms with Crippen LogP contribution < -0.4 is 0 Å². The predicted molar refractivity (Wildman–Crippen MR) is 72.3 cm³/mol. The zero-order chi connectivity index (χ0) is 11.4. The Morgan fingerprint density at radius 3 is 2.44 bits per heavy atom. The highest BCUT2D eigenvalue weighted by Gasteiger charge is 2.03. The van der Waals surface area contributed by atoms with Gasteiger partial charge < -0.3 is 4.90 Å². The summed E-state index contributed by atoms with van der Waals surface area (Å²) in [5, 5.41) is 4.28.